The van der Waals surface area contributed by atoms with E-state index in [0.29, 0.717) is 42.3 Å². The van der Waals surface area contributed by atoms with Crippen molar-refractivity contribution in [3.63, 3.8) is 0 Å². The molecule has 0 aromatic heterocycles. The summed E-state index contributed by atoms with van der Waals surface area (Å²) < 4.78 is 0. The van der Waals surface area contributed by atoms with E-state index < -0.39 is 0 Å². The van der Waals surface area contributed by atoms with Gasteiger partial charge in [-0.3, -0.25) is 9.59 Å². The summed E-state index contributed by atoms with van der Waals surface area (Å²) in [6, 6.07) is 15.2. The Kier molecular flexibility index (Phi) is 6.70. The van der Waals surface area contributed by atoms with Crippen LogP contribution in [0.25, 0.3) is 0 Å². The fourth-order valence-corrected chi connectivity index (χ4v) is 3.53. The highest BCUT2D eigenvalue weighted by atomic mass is 35.5. The van der Waals surface area contributed by atoms with Crippen LogP contribution in [0.5, 0.6) is 0 Å². The van der Waals surface area contributed by atoms with Crippen molar-refractivity contribution in [2.45, 2.75) is 19.4 Å². The van der Waals surface area contributed by atoms with Crippen molar-refractivity contribution >= 4 is 29.1 Å². The van der Waals surface area contributed by atoms with Crippen LogP contribution in [0, 0.1) is 0 Å². The fourth-order valence-electron chi connectivity index (χ4n) is 3.31. The molecular formula is C22H26ClN3O2. The van der Waals surface area contributed by atoms with Gasteiger partial charge in [-0.1, -0.05) is 41.9 Å². The van der Waals surface area contributed by atoms with Gasteiger partial charge in [-0.25, -0.2) is 0 Å². The number of hydrogen-bond donors (Lipinski definition) is 0. The molecule has 0 radical (unpaired) electrons. The average Bonchev–Trinajstić information content (AvgIpc) is 3.11. The summed E-state index contributed by atoms with van der Waals surface area (Å²) in [5.41, 5.74) is 2.26. The predicted molar refractivity (Wildman–Crippen MR) is 113 cm³/mol. The highest BCUT2D eigenvalue weighted by Gasteiger charge is 2.25. The number of hydrogen-bond acceptors (Lipinski definition) is 3. The maximum atomic E-state index is 13.3. The van der Waals surface area contributed by atoms with Crippen LogP contribution in [-0.4, -0.2) is 55.3 Å². The molecule has 0 spiro atoms. The molecule has 6 heteroatoms. The molecule has 0 bridgehead atoms. The van der Waals surface area contributed by atoms with Crippen molar-refractivity contribution in [1.29, 1.82) is 0 Å². The van der Waals surface area contributed by atoms with E-state index in [1.54, 1.807) is 23.1 Å². The SMILES string of the molecule is CN(C)CCN(Cc1ccccc1)C(=O)c1ccc(Cl)c(N2CCCC2=O)c1. The van der Waals surface area contributed by atoms with Crippen LogP contribution in [0.15, 0.2) is 48.5 Å². The fraction of sp³-hybridized carbons (Fsp3) is 0.364. The Hall–Kier alpha value is -2.37. The van der Waals surface area contributed by atoms with Crippen LogP contribution in [0.4, 0.5) is 5.69 Å². The van der Waals surface area contributed by atoms with Crippen molar-refractivity contribution < 1.29 is 9.59 Å². The number of carbonyl (C=O) groups is 2. The number of halogens is 1. The Morgan fingerprint density at radius 1 is 1.11 bits per heavy atom. The van der Waals surface area contributed by atoms with E-state index in [1.165, 1.54) is 0 Å². The van der Waals surface area contributed by atoms with Gasteiger partial charge in [0.25, 0.3) is 5.91 Å². The first-order chi connectivity index (χ1) is 13.5. The summed E-state index contributed by atoms with van der Waals surface area (Å²) >= 11 is 6.33. The zero-order chi connectivity index (χ0) is 20.1. The molecule has 2 aromatic rings. The minimum atomic E-state index is -0.0599. The molecular weight excluding hydrogens is 374 g/mol. The molecule has 0 saturated carbocycles. The van der Waals surface area contributed by atoms with Gasteiger partial charge < -0.3 is 14.7 Å². The maximum absolute atomic E-state index is 13.3. The van der Waals surface area contributed by atoms with Crippen LogP contribution >= 0.6 is 11.6 Å². The Morgan fingerprint density at radius 3 is 2.50 bits per heavy atom. The Bertz CT molecular complexity index is 839. The summed E-state index contributed by atoms with van der Waals surface area (Å²) in [6.07, 6.45) is 1.34. The summed E-state index contributed by atoms with van der Waals surface area (Å²) in [6.45, 7) is 2.56. The van der Waals surface area contributed by atoms with Crippen molar-refractivity contribution in [1.82, 2.24) is 9.80 Å². The molecule has 1 heterocycles. The smallest absolute Gasteiger partial charge is 0.254 e. The third-order valence-electron chi connectivity index (χ3n) is 4.88. The summed E-state index contributed by atoms with van der Waals surface area (Å²) in [4.78, 5) is 31.0. The van der Waals surface area contributed by atoms with Gasteiger partial charge in [0, 0.05) is 38.2 Å². The average molecular weight is 400 g/mol. The molecule has 0 N–H and O–H groups in total. The van der Waals surface area contributed by atoms with E-state index in [0.717, 1.165) is 18.5 Å². The topological polar surface area (TPSA) is 43.9 Å². The summed E-state index contributed by atoms with van der Waals surface area (Å²) in [7, 11) is 3.98. The first-order valence-electron chi connectivity index (χ1n) is 9.53. The second kappa shape index (κ2) is 9.22. The molecule has 1 saturated heterocycles. The lowest BCUT2D eigenvalue weighted by Gasteiger charge is -2.25. The van der Waals surface area contributed by atoms with Crippen molar-refractivity contribution in [2.24, 2.45) is 0 Å². The monoisotopic (exact) mass is 399 g/mol. The van der Waals surface area contributed by atoms with Crippen LogP contribution < -0.4 is 4.90 Å². The van der Waals surface area contributed by atoms with Gasteiger partial charge in [0.15, 0.2) is 0 Å². The minimum Gasteiger partial charge on any atom is -0.333 e. The number of benzene rings is 2. The molecule has 1 aliphatic heterocycles. The molecule has 0 atom stereocenters. The molecule has 2 aromatic carbocycles. The molecule has 148 valence electrons. The molecule has 0 aliphatic carbocycles. The Balaban J connectivity index is 1.86. The van der Waals surface area contributed by atoms with E-state index >= 15 is 0 Å². The van der Waals surface area contributed by atoms with E-state index in [-0.39, 0.29) is 11.8 Å². The Labute approximate surface area is 171 Å². The molecule has 28 heavy (non-hydrogen) atoms. The molecule has 3 rings (SSSR count). The van der Waals surface area contributed by atoms with Crippen LogP contribution in [-0.2, 0) is 11.3 Å². The third kappa shape index (κ3) is 4.91. The normalized spacial score (nSPS) is 14.0. The van der Waals surface area contributed by atoms with Crippen LogP contribution in [0.1, 0.15) is 28.8 Å². The molecule has 0 unspecified atom stereocenters. The minimum absolute atomic E-state index is 0.0558. The quantitative estimate of drug-likeness (QED) is 0.713. The van der Waals surface area contributed by atoms with Gasteiger partial charge in [-0.05, 0) is 44.3 Å². The van der Waals surface area contributed by atoms with E-state index in [9.17, 15) is 9.59 Å². The lowest BCUT2D eigenvalue weighted by molar-refractivity contribution is -0.117. The summed E-state index contributed by atoms with van der Waals surface area (Å²) in [5.74, 6) is -0.00415. The van der Waals surface area contributed by atoms with Crippen LogP contribution in [0.3, 0.4) is 0 Å². The second-order valence-electron chi connectivity index (χ2n) is 7.33. The largest absolute Gasteiger partial charge is 0.333 e. The van der Waals surface area contributed by atoms with Gasteiger partial charge in [-0.15, -0.1) is 0 Å². The lowest BCUT2D eigenvalue weighted by Crippen LogP contribution is -2.36. The van der Waals surface area contributed by atoms with Crippen molar-refractivity contribution in [2.75, 3.05) is 38.6 Å². The molecule has 1 fully saturated rings. The van der Waals surface area contributed by atoms with Gasteiger partial charge in [-0.2, -0.15) is 0 Å². The zero-order valence-electron chi connectivity index (χ0n) is 16.4. The number of amides is 2. The third-order valence-corrected chi connectivity index (χ3v) is 5.20. The van der Waals surface area contributed by atoms with Gasteiger partial charge >= 0.3 is 0 Å². The highest BCUT2D eigenvalue weighted by molar-refractivity contribution is 6.34. The van der Waals surface area contributed by atoms with Crippen molar-refractivity contribution in [3.8, 4) is 0 Å². The number of rotatable bonds is 7. The number of anilines is 1. The standard InChI is InChI=1S/C22H26ClN3O2/c1-24(2)13-14-25(16-17-7-4-3-5-8-17)22(28)18-10-11-19(23)20(15-18)26-12-6-9-21(26)27/h3-5,7-8,10-11,15H,6,9,12-14,16H2,1-2H3. The maximum Gasteiger partial charge on any atom is 0.254 e. The van der Waals surface area contributed by atoms with Crippen molar-refractivity contribution in [3.05, 3.63) is 64.7 Å². The number of carbonyl (C=O) groups excluding carboxylic acids is 2. The second-order valence-corrected chi connectivity index (χ2v) is 7.74. The first kappa shape index (κ1) is 20.4. The molecule has 5 nitrogen and oxygen atoms in total. The number of nitrogens with zero attached hydrogens (tertiary/aromatic N) is 3. The summed E-state index contributed by atoms with van der Waals surface area (Å²) in [5, 5.41) is 0.495. The highest BCUT2D eigenvalue weighted by Crippen LogP contribution is 2.31. The van der Waals surface area contributed by atoms with Gasteiger partial charge in [0.05, 0.1) is 10.7 Å². The lowest BCUT2D eigenvalue weighted by atomic mass is 10.1. The molecule has 2 amide bonds. The van der Waals surface area contributed by atoms with E-state index in [1.807, 2.05) is 49.3 Å². The zero-order valence-corrected chi connectivity index (χ0v) is 17.2. The van der Waals surface area contributed by atoms with E-state index in [2.05, 4.69) is 4.90 Å². The van der Waals surface area contributed by atoms with Gasteiger partial charge in [0.1, 0.15) is 0 Å². The number of likely N-dealkylation sites (N-methyl/N-ethyl adjacent to an activating group) is 1. The predicted octanol–water partition coefficient (Wildman–Crippen LogP) is 3.67. The molecule has 1 aliphatic rings. The van der Waals surface area contributed by atoms with Gasteiger partial charge in [0.2, 0.25) is 5.91 Å². The van der Waals surface area contributed by atoms with Crippen LogP contribution in [0.2, 0.25) is 5.02 Å². The van der Waals surface area contributed by atoms with E-state index in [4.69, 9.17) is 11.6 Å². The Morgan fingerprint density at radius 2 is 1.86 bits per heavy atom. The first-order valence-corrected chi connectivity index (χ1v) is 9.91.